The van der Waals surface area contributed by atoms with E-state index in [0.717, 1.165) is 36.3 Å². The minimum absolute atomic E-state index is 0.257. The molecule has 4 nitrogen and oxygen atoms in total. The average Bonchev–Trinajstić information content (AvgIpc) is 3.06. The first-order valence-corrected chi connectivity index (χ1v) is 10.5. The van der Waals surface area contributed by atoms with Crippen LogP contribution in [0.25, 0.3) is 0 Å². The standard InChI is InChI=1S/C23H35NO3/c1-17(14-23(2,3)4)12-22(25)24(19-8-6-5-7-9-19)15-18-10-11-20-21(13-18)27-16-26-20/h10-11,13,17,19H,5-9,12,14-16H2,1-4H3. The van der Waals surface area contributed by atoms with Crippen LogP contribution in [0, 0.1) is 11.3 Å². The molecule has 1 aliphatic heterocycles. The smallest absolute Gasteiger partial charge is 0.231 e. The Kier molecular flexibility index (Phi) is 6.33. The van der Waals surface area contributed by atoms with Gasteiger partial charge in [-0.3, -0.25) is 4.79 Å². The zero-order chi connectivity index (χ0) is 19.4. The summed E-state index contributed by atoms with van der Waals surface area (Å²) in [5, 5.41) is 0. The maximum absolute atomic E-state index is 13.2. The number of ether oxygens (including phenoxy) is 2. The van der Waals surface area contributed by atoms with E-state index in [4.69, 9.17) is 9.47 Å². The Labute approximate surface area is 164 Å². The Morgan fingerprint density at radius 2 is 1.85 bits per heavy atom. The molecule has 0 aromatic heterocycles. The molecule has 4 heteroatoms. The van der Waals surface area contributed by atoms with Gasteiger partial charge in [-0.2, -0.15) is 0 Å². The van der Waals surface area contributed by atoms with Crippen molar-refractivity contribution < 1.29 is 14.3 Å². The minimum atomic E-state index is 0.257. The highest BCUT2D eigenvalue weighted by Gasteiger charge is 2.28. The monoisotopic (exact) mass is 373 g/mol. The molecular weight excluding hydrogens is 338 g/mol. The molecule has 0 bridgehead atoms. The lowest BCUT2D eigenvalue weighted by Crippen LogP contribution is -2.41. The fraction of sp³-hybridized carbons (Fsp3) is 0.696. The van der Waals surface area contributed by atoms with Gasteiger partial charge in [-0.1, -0.05) is 53.0 Å². The van der Waals surface area contributed by atoms with Gasteiger partial charge in [0.15, 0.2) is 11.5 Å². The van der Waals surface area contributed by atoms with Crippen molar-refractivity contribution in [1.29, 1.82) is 0 Å². The summed E-state index contributed by atoms with van der Waals surface area (Å²) >= 11 is 0. The summed E-state index contributed by atoms with van der Waals surface area (Å²) in [6, 6.07) is 6.43. The van der Waals surface area contributed by atoms with Crippen LogP contribution in [0.3, 0.4) is 0 Å². The Bertz CT molecular complexity index is 644. The summed E-state index contributed by atoms with van der Waals surface area (Å²) in [4.78, 5) is 15.4. The van der Waals surface area contributed by atoms with E-state index in [9.17, 15) is 4.79 Å². The zero-order valence-corrected chi connectivity index (χ0v) is 17.4. The van der Waals surface area contributed by atoms with Gasteiger partial charge in [-0.25, -0.2) is 0 Å². The second-order valence-electron chi connectivity index (χ2n) is 9.58. The SMILES string of the molecule is CC(CC(=O)N(Cc1ccc2c(c1)OCO2)C1CCCCC1)CC(C)(C)C. The molecule has 1 atom stereocenters. The lowest BCUT2D eigenvalue weighted by Gasteiger charge is -2.35. The van der Waals surface area contributed by atoms with E-state index >= 15 is 0 Å². The molecule has 1 aliphatic carbocycles. The summed E-state index contributed by atoms with van der Waals surface area (Å²) in [6.07, 6.45) is 7.72. The Morgan fingerprint density at radius 3 is 2.56 bits per heavy atom. The maximum Gasteiger partial charge on any atom is 0.231 e. The zero-order valence-electron chi connectivity index (χ0n) is 17.4. The van der Waals surface area contributed by atoms with E-state index < -0.39 is 0 Å². The van der Waals surface area contributed by atoms with E-state index in [1.54, 1.807) is 0 Å². The second-order valence-corrected chi connectivity index (χ2v) is 9.58. The third-order valence-electron chi connectivity index (χ3n) is 5.61. The quantitative estimate of drug-likeness (QED) is 0.657. The highest BCUT2D eigenvalue weighted by Crippen LogP contribution is 2.34. The van der Waals surface area contributed by atoms with Crippen molar-refractivity contribution in [2.24, 2.45) is 11.3 Å². The molecule has 3 rings (SSSR count). The van der Waals surface area contributed by atoms with Gasteiger partial charge in [0.05, 0.1) is 0 Å². The number of rotatable bonds is 6. The molecule has 1 amide bonds. The fourth-order valence-corrected chi connectivity index (χ4v) is 4.58. The van der Waals surface area contributed by atoms with Gasteiger partial charge in [0.25, 0.3) is 0 Å². The lowest BCUT2D eigenvalue weighted by atomic mass is 9.83. The van der Waals surface area contributed by atoms with E-state index in [0.29, 0.717) is 30.8 Å². The summed E-state index contributed by atoms with van der Waals surface area (Å²) < 4.78 is 10.9. The van der Waals surface area contributed by atoms with Crippen LogP contribution in [-0.4, -0.2) is 23.6 Å². The van der Waals surface area contributed by atoms with Gasteiger partial charge in [0.2, 0.25) is 12.7 Å². The summed E-state index contributed by atoms with van der Waals surface area (Å²) in [5.41, 5.74) is 1.38. The van der Waals surface area contributed by atoms with Crippen molar-refractivity contribution >= 4 is 5.91 Å². The molecule has 0 spiro atoms. The predicted octanol–water partition coefficient (Wildman–Crippen LogP) is 5.54. The average molecular weight is 374 g/mol. The van der Waals surface area contributed by atoms with Crippen molar-refractivity contribution in [2.45, 2.75) is 85.2 Å². The van der Waals surface area contributed by atoms with Crippen molar-refractivity contribution in [3.8, 4) is 11.5 Å². The molecule has 1 saturated carbocycles. The molecule has 27 heavy (non-hydrogen) atoms. The van der Waals surface area contributed by atoms with Gasteiger partial charge in [-0.05, 0) is 48.3 Å². The third kappa shape index (κ3) is 5.63. The molecule has 0 N–H and O–H groups in total. The number of hydrogen-bond acceptors (Lipinski definition) is 3. The normalized spacial score (nSPS) is 18.4. The van der Waals surface area contributed by atoms with Crippen LogP contribution in [0.1, 0.15) is 78.2 Å². The minimum Gasteiger partial charge on any atom is -0.454 e. The second kappa shape index (κ2) is 8.53. The molecule has 1 fully saturated rings. The number of carbonyl (C=O) groups excluding carboxylic acids is 1. The number of nitrogens with zero attached hydrogens (tertiary/aromatic N) is 1. The van der Waals surface area contributed by atoms with Crippen molar-refractivity contribution in [3.05, 3.63) is 23.8 Å². The highest BCUT2D eigenvalue weighted by molar-refractivity contribution is 5.76. The van der Waals surface area contributed by atoms with Gasteiger partial charge < -0.3 is 14.4 Å². The van der Waals surface area contributed by atoms with E-state index in [2.05, 4.69) is 38.7 Å². The van der Waals surface area contributed by atoms with Crippen LogP contribution in [0.15, 0.2) is 18.2 Å². The molecule has 1 aromatic rings. The molecule has 0 radical (unpaired) electrons. The van der Waals surface area contributed by atoms with Gasteiger partial charge in [-0.15, -0.1) is 0 Å². The van der Waals surface area contributed by atoms with Crippen LogP contribution in [0.4, 0.5) is 0 Å². The third-order valence-corrected chi connectivity index (χ3v) is 5.61. The number of amides is 1. The largest absolute Gasteiger partial charge is 0.454 e. The number of hydrogen-bond donors (Lipinski definition) is 0. The van der Waals surface area contributed by atoms with Crippen molar-refractivity contribution in [2.75, 3.05) is 6.79 Å². The molecular formula is C23H35NO3. The van der Waals surface area contributed by atoms with Crippen LogP contribution in [-0.2, 0) is 11.3 Å². The lowest BCUT2D eigenvalue weighted by molar-refractivity contribution is -0.136. The Balaban J connectivity index is 1.71. The van der Waals surface area contributed by atoms with Gasteiger partial charge in [0.1, 0.15) is 0 Å². The molecule has 1 unspecified atom stereocenters. The molecule has 0 saturated heterocycles. The molecule has 150 valence electrons. The highest BCUT2D eigenvalue weighted by atomic mass is 16.7. The van der Waals surface area contributed by atoms with Crippen LogP contribution in [0.2, 0.25) is 0 Å². The van der Waals surface area contributed by atoms with E-state index in [1.807, 2.05) is 12.1 Å². The predicted molar refractivity (Wildman–Crippen MR) is 108 cm³/mol. The molecule has 1 heterocycles. The maximum atomic E-state index is 13.2. The number of carbonyl (C=O) groups is 1. The van der Waals surface area contributed by atoms with E-state index in [-0.39, 0.29) is 12.2 Å². The Hall–Kier alpha value is -1.71. The van der Waals surface area contributed by atoms with Crippen LogP contribution in [0.5, 0.6) is 11.5 Å². The van der Waals surface area contributed by atoms with Gasteiger partial charge >= 0.3 is 0 Å². The summed E-state index contributed by atoms with van der Waals surface area (Å²) in [6.45, 7) is 9.91. The molecule has 2 aliphatic rings. The van der Waals surface area contributed by atoms with Crippen molar-refractivity contribution in [1.82, 2.24) is 4.90 Å². The summed E-state index contributed by atoms with van der Waals surface area (Å²) in [5.74, 6) is 2.30. The fourth-order valence-electron chi connectivity index (χ4n) is 4.58. The topological polar surface area (TPSA) is 38.8 Å². The Morgan fingerprint density at radius 1 is 1.15 bits per heavy atom. The number of benzene rings is 1. The summed E-state index contributed by atoms with van der Waals surface area (Å²) in [7, 11) is 0. The first-order chi connectivity index (χ1) is 12.8. The first-order valence-electron chi connectivity index (χ1n) is 10.5. The number of fused-ring (bicyclic) bond motifs is 1. The molecule has 1 aromatic carbocycles. The van der Waals surface area contributed by atoms with Gasteiger partial charge in [0, 0.05) is 19.0 Å². The van der Waals surface area contributed by atoms with Crippen LogP contribution < -0.4 is 9.47 Å². The van der Waals surface area contributed by atoms with Crippen LogP contribution >= 0.6 is 0 Å². The first kappa shape index (κ1) is 20.0. The van der Waals surface area contributed by atoms with E-state index in [1.165, 1.54) is 19.3 Å². The van der Waals surface area contributed by atoms with Crippen molar-refractivity contribution in [3.63, 3.8) is 0 Å².